The van der Waals surface area contributed by atoms with E-state index in [0.717, 1.165) is 33.7 Å². The number of aryl methyl sites for hydroxylation is 1. The average molecular weight is 404 g/mol. The number of benzene rings is 2. The van der Waals surface area contributed by atoms with Gasteiger partial charge >= 0.3 is 0 Å². The Morgan fingerprint density at radius 2 is 1.83 bits per heavy atom. The van der Waals surface area contributed by atoms with Crippen LogP contribution in [0.5, 0.6) is 0 Å². The summed E-state index contributed by atoms with van der Waals surface area (Å²) < 4.78 is 5.83. The first-order valence-electron chi connectivity index (χ1n) is 9.40. The standard InChI is InChI=1S/C23H21N3O2S/c1-15-12-19(17-8-4-3-5-9-17)26-23(24-15)29-14-22(27)25-16(2)21-13-18-10-6-7-11-20(18)28-21/h3-13,16H,14H2,1-2H3,(H,25,27). The van der Waals surface area contributed by atoms with E-state index in [1.165, 1.54) is 11.8 Å². The van der Waals surface area contributed by atoms with E-state index in [4.69, 9.17) is 4.42 Å². The first-order chi connectivity index (χ1) is 14.1. The molecule has 4 rings (SSSR count). The Kier molecular flexibility index (Phi) is 5.62. The van der Waals surface area contributed by atoms with E-state index in [9.17, 15) is 4.79 Å². The van der Waals surface area contributed by atoms with Crippen LogP contribution < -0.4 is 5.32 Å². The van der Waals surface area contributed by atoms with Crippen molar-refractivity contribution in [3.05, 3.63) is 78.2 Å². The molecule has 0 saturated heterocycles. The maximum absolute atomic E-state index is 12.4. The summed E-state index contributed by atoms with van der Waals surface area (Å²) in [5.41, 5.74) is 3.58. The van der Waals surface area contributed by atoms with E-state index in [2.05, 4.69) is 15.3 Å². The minimum atomic E-state index is -0.214. The van der Waals surface area contributed by atoms with Crippen LogP contribution in [0, 0.1) is 6.92 Å². The SMILES string of the molecule is Cc1cc(-c2ccccc2)nc(SCC(=O)NC(C)c2cc3ccccc3o2)n1. The molecular formula is C23H21N3O2S. The molecule has 5 nitrogen and oxygen atoms in total. The Morgan fingerprint density at radius 1 is 1.07 bits per heavy atom. The highest BCUT2D eigenvalue weighted by Crippen LogP contribution is 2.24. The van der Waals surface area contributed by atoms with Crippen LogP contribution in [-0.4, -0.2) is 21.6 Å². The van der Waals surface area contributed by atoms with Gasteiger partial charge in [0.1, 0.15) is 11.3 Å². The molecular weight excluding hydrogens is 382 g/mol. The number of furan rings is 1. The van der Waals surface area contributed by atoms with Gasteiger partial charge in [0.2, 0.25) is 5.91 Å². The van der Waals surface area contributed by atoms with Crippen LogP contribution in [0.4, 0.5) is 0 Å². The monoisotopic (exact) mass is 403 g/mol. The number of amides is 1. The number of hydrogen-bond acceptors (Lipinski definition) is 5. The predicted octanol–water partition coefficient (Wildman–Crippen LogP) is 5.17. The Labute approximate surface area is 173 Å². The Morgan fingerprint density at radius 3 is 2.62 bits per heavy atom. The van der Waals surface area contributed by atoms with Crippen LogP contribution in [-0.2, 0) is 4.79 Å². The summed E-state index contributed by atoms with van der Waals surface area (Å²) in [5.74, 6) is 0.888. The van der Waals surface area contributed by atoms with Crippen molar-refractivity contribution in [1.29, 1.82) is 0 Å². The minimum absolute atomic E-state index is 0.0886. The number of nitrogens with one attached hydrogen (secondary N) is 1. The molecule has 0 radical (unpaired) electrons. The van der Waals surface area contributed by atoms with E-state index < -0.39 is 0 Å². The second kappa shape index (κ2) is 8.49. The lowest BCUT2D eigenvalue weighted by Crippen LogP contribution is -2.28. The van der Waals surface area contributed by atoms with Gasteiger partial charge in [-0.1, -0.05) is 60.3 Å². The molecule has 1 unspecified atom stereocenters. The first kappa shape index (κ1) is 19.2. The molecule has 0 spiro atoms. The van der Waals surface area contributed by atoms with Crippen LogP contribution >= 0.6 is 11.8 Å². The molecule has 1 amide bonds. The van der Waals surface area contributed by atoms with Crippen molar-refractivity contribution in [3.8, 4) is 11.3 Å². The van der Waals surface area contributed by atoms with Gasteiger partial charge in [-0.05, 0) is 32.0 Å². The molecule has 1 N–H and O–H groups in total. The number of hydrogen-bond donors (Lipinski definition) is 1. The summed E-state index contributed by atoms with van der Waals surface area (Å²) in [4.78, 5) is 21.5. The summed E-state index contributed by atoms with van der Waals surface area (Å²) in [5, 5.41) is 4.60. The second-order valence-corrected chi connectivity index (χ2v) is 7.75. The second-order valence-electron chi connectivity index (χ2n) is 6.81. The highest BCUT2D eigenvalue weighted by molar-refractivity contribution is 7.99. The molecule has 2 aromatic heterocycles. The topological polar surface area (TPSA) is 68.0 Å². The van der Waals surface area contributed by atoms with Gasteiger partial charge in [0.05, 0.1) is 17.5 Å². The zero-order valence-electron chi connectivity index (χ0n) is 16.3. The molecule has 6 heteroatoms. The molecule has 1 atom stereocenters. The van der Waals surface area contributed by atoms with Gasteiger partial charge in [-0.15, -0.1) is 0 Å². The molecule has 0 saturated carbocycles. The van der Waals surface area contributed by atoms with Crippen molar-refractivity contribution in [2.75, 3.05) is 5.75 Å². The zero-order valence-corrected chi connectivity index (χ0v) is 17.1. The first-order valence-corrected chi connectivity index (χ1v) is 10.4. The van der Waals surface area contributed by atoms with Crippen molar-refractivity contribution in [2.24, 2.45) is 0 Å². The summed E-state index contributed by atoms with van der Waals surface area (Å²) in [6, 6.07) is 21.5. The fourth-order valence-corrected chi connectivity index (χ4v) is 3.78. The highest BCUT2D eigenvalue weighted by atomic mass is 32.2. The van der Waals surface area contributed by atoms with Crippen LogP contribution in [0.15, 0.2) is 76.3 Å². The zero-order chi connectivity index (χ0) is 20.2. The maximum atomic E-state index is 12.4. The van der Waals surface area contributed by atoms with Gasteiger partial charge in [0.25, 0.3) is 0 Å². The lowest BCUT2D eigenvalue weighted by Gasteiger charge is -2.11. The van der Waals surface area contributed by atoms with Crippen molar-refractivity contribution in [1.82, 2.24) is 15.3 Å². The van der Waals surface area contributed by atoms with Gasteiger partial charge in [0.15, 0.2) is 5.16 Å². The van der Waals surface area contributed by atoms with E-state index in [-0.39, 0.29) is 17.7 Å². The molecule has 2 heterocycles. The Hall–Kier alpha value is -3.12. The van der Waals surface area contributed by atoms with Gasteiger partial charge in [0, 0.05) is 16.6 Å². The number of carbonyl (C=O) groups is 1. The van der Waals surface area contributed by atoms with Gasteiger partial charge in [-0.25, -0.2) is 9.97 Å². The minimum Gasteiger partial charge on any atom is -0.459 e. The lowest BCUT2D eigenvalue weighted by atomic mass is 10.1. The summed E-state index contributed by atoms with van der Waals surface area (Å²) in [7, 11) is 0. The van der Waals surface area contributed by atoms with Gasteiger partial charge < -0.3 is 9.73 Å². The van der Waals surface area contributed by atoms with E-state index in [1.807, 2.05) is 80.6 Å². The number of rotatable bonds is 6. The maximum Gasteiger partial charge on any atom is 0.231 e. The van der Waals surface area contributed by atoms with Gasteiger partial charge in [-0.2, -0.15) is 0 Å². The molecule has 2 aromatic carbocycles. The molecule has 29 heavy (non-hydrogen) atoms. The third-order valence-electron chi connectivity index (χ3n) is 4.48. The van der Waals surface area contributed by atoms with E-state index in [1.54, 1.807) is 0 Å². The van der Waals surface area contributed by atoms with Crippen LogP contribution in [0.1, 0.15) is 24.4 Å². The normalized spacial score (nSPS) is 12.1. The van der Waals surface area contributed by atoms with Crippen LogP contribution in [0.25, 0.3) is 22.2 Å². The number of fused-ring (bicyclic) bond motifs is 1. The summed E-state index contributed by atoms with van der Waals surface area (Å²) in [6.45, 7) is 3.85. The van der Waals surface area contributed by atoms with Crippen molar-refractivity contribution >= 4 is 28.6 Å². The number of carbonyl (C=O) groups excluding carboxylic acids is 1. The summed E-state index contributed by atoms with van der Waals surface area (Å²) >= 11 is 1.33. The molecule has 0 bridgehead atoms. The molecule has 0 aliphatic rings. The third kappa shape index (κ3) is 4.66. The molecule has 146 valence electrons. The van der Waals surface area contributed by atoms with Crippen LogP contribution in [0.3, 0.4) is 0 Å². The van der Waals surface area contributed by atoms with Gasteiger partial charge in [-0.3, -0.25) is 4.79 Å². The molecule has 4 aromatic rings. The van der Waals surface area contributed by atoms with Crippen molar-refractivity contribution in [2.45, 2.75) is 25.0 Å². The van der Waals surface area contributed by atoms with Crippen molar-refractivity contribution in [3.63, 3.8) is 0 Å². The summed E-state index contributed by atoms with van der Waals surface area (Å²) in [6.07, 6.45) is 0. The largest absolute Gasteiger partial charge is 0.459 e. The smallest absolute Gasteiger partial charge is 0.231 e. The quantitative estimate of drug-likeness (QED) is 0.355. The molecule has 0 aliphatic carbocycles. The lowest BCUT2D eigenvalue weighted by molar-refractivity contribution is -0.119. The third-order valence-corrected chi connectivity index (χ3v) is 5.33. The van der Waals surface area contributed by atoms with Crippen LogP contribution in [0.2, 0.25) is 0 Å². The number of aromatic nitrogens is 2. The predicted molar refractivity (Wildman–Crippen MR) is 116 cm³/mol. The average Bonchev–Trinajstić information content (AvgIpc) is 3.17. The number of thioether (sulfide) groups is 1. The Balaban J connectivity index is 1.40. The van der Waals surface area contributed by atoms with Crippen molar-refractivity contribution < 1.29 is 9.21 Å². The molecule has 0 fully saturated rings. The molecule has 0 aliphatic heterocycles. The Bertz CT molecular complexity index is 1110. The highest BCUT2D eigenvalue weighted by Gasteiger charge is 2.15. The fraction of sp³-hybridized carbons (Fsp3) is 0.174. The van der Waals surface area contributed by atoms with E-state index >= 15 is 0 Å². The number of nitrogens with zero attached hydrogens (tertiary/aromatic N) is 2. The number of para-hydroxylation sites is 1. The van der Waals surface area contributed by atoms with E-state index in [0.29, 0.717) is 5.16 Å². The fourth-order valence-electron chi connectivity index (χ4n) is 3.06.